The maximum absolute atomic E-state index is 11.7. The number of fused-ring (bicyclic) bond motifs is 1. The second kappa shape index (κ2) is 7.15. The van der Waals surface area contributed by atoms with E-state index in [1.54, 1.807) is 12.3 Å². The van der Waals surface area contributed by atoms with Crippen LogP contribution in [-0.4, -0.2) is 25.5 Å². The third-order valence-electron chi connectivity index (χ3n) is 3.11. The Labute approximate surface area is 141 Å². The van der Waals surface area contributed by atoms with Crippen LogP contribution in [0.2, 0.25) is 0 Å². The summed E-state index contributed by atoms with van der Waals surface area (Å²) in [5.74, 6) is 1.11. The summed E-state index contributed by atoms with van der Waals surface area (Å²) in [6.07, 6.45) is 1.55. The average Bonchev–Trinajstić information content (AvgIpc) is 3.01. The smallest absolute Gasteiger partial charge is 0.259 e. The number of hydrogen-bond acceptors (Lipinski definition) is 5. The van der Waals surface area contributed by atoms with Crippen LogP contribution in [0.15, 0.2) is 52.0 Å². The van der Waals surface area contributed by atoms with Crippen molar-refractivity contribution in [3.63, 3.8) is 0 Å². The van der Waals surface area contributed by atoms with Gasteiger partial charge in [0.15, 0.2) is 11.5 Å². The third-order valence-corrected chi connectivity index (χ3v) is 3.80. The molecule has 2 N–H and O–H groups in total. The van der Waals surface area contributed by atoms with E-state index >= 15 is 0 Å². The predicted octanol–water partition coefficient (Wildman–Crippen LogP) is 2.74. The molecule has 2 aromatic rings. The van der Waals surface area contributed by atoms with E-state index in [-0.39, 0.29) is 19.2 Å². The minimum absolute atomic E-state index is 0.143. The zero-order valence-electron chi connectivity index (χ0n) is 12.1. The second-order valence-electron chi connectivity index (χ2n) is 4.74. The quantitative estimate of drug-likeness (QED) is 0.622. The number of ether oxygens (including phenoxy) is 2. The molecule has 1 aliphatic rings. The molecule has 0 fully saturated rings. The summed E-state index contributed by atoms with van der Waals surface area (Å²) in [5, 5.41) is 6.96. The van der Waals surface area contributed by atoms with Gasteiger partial charge in [-0.15, -0.1) is 0 Å². The summed E-state index contributed by atoms with van der Waals surface area (Å²) in [6, 6.07) is 13.1. The van der Waals surface area contributed by atoms with Crippen LogP contribution in [0.1, 0.15) is 5.56 Å². The highest BCUT2D eigenvalue weighted by atomic mass is 79.9. The number of para-hydroxylation sites is 1. The van der Waals surface area contributed by atoms with Gasteiger partial charge in [0, 0.05) is 15.7 Å². The van der Waals surface area contributed by atoms with Crippen molar-refractivity contribution in [1.82, 2.24) is 5.43 Å². The summed E-state index contributed by atoms with van der Waals surface area (Å²) in [5.41, 5.74) is 4.13. The number of anilines is 1. The van der Waals surface area contributed by atoms with Gasteiger partial charge in [-0.05, 0) is 40.2 Å². The van der Waals surface area contributed by atoms with Gasteiger partial charge < -0.3 is 14.8 Å². The Bertz CT molecular complexity index is 735. The number of hydrogen-bond donors (Lipinski definition) is 2. The third kappa shape index (κ3) is 4.01. The Hall–Kier alpha value is -2.54. The van der Waals surface area contributed by atoms with Gasteiger partial charge in [-0.1, -0.05) is 18.2 Å². The lowest BCUT2D eigenvalue weighted by Crippen LogP contribution is -2.25. The fraction of sp³-hybridized carbons (Fsp3) is 0.125. The van der Waals surface area contributed by atoms with Gasteiger partial charge >= 0.3 is 0 Å². The Morgan fingerprint density at radius 3 is 2.74 bits per heavy atom. The van der Waals surface area contributed by atoms with Gasteiger partial charge in [-0.3, -0.25) is 4.79 Å². The number of hydrazone groups is 1. The van der Waals surface area contributed by atoms with Gasteiger partial charge in [-0.2, -0.15) is 5.10 Å². The molecule has 0 radical (unpaired) electrons. The molecule has 23 heavy (non-hydrogen) atoms. The molecule has 0 bridgehead atoms. The summed E-state index contributed by atoms with van der Waals surface area (Å²) >= 11 is 3.43. The Kier molecular flexibility index (Phi) is 4.77. The minimum Gasteiger partial charge on any atom is -0.454 e. The molecule has 118 valence electrons. The van der Waals surface area contributed by atoms with E-state index in [1.165, 1.54) is 0 Å². The highest BCUT2D eigenvalue weighted by Gasteiger charge is 2.15. The molecular weight excluding hydrogens is 362 g/mol. The topological polar surface area (TPSA) is 72.0 Å². The van der Waals surface area contributed by atoms with Crippen LogP contribution in [0.3, 0.4) is 0 Å². The van der Waals surface area contributed by atoms with Crippen molar-refractivity contribution in [3.8, 4) is 11.5 Å². The van der Waals surface area contributed by atoms with E-state index in [4.69, 9.17) is 9.47 Å². The standard InChI is InChI=1S/C16H14BrN3O3/c17-13-7-15-14(22-10-23-15)6-11(13)8-19-20-16(21)9-18-12-4-2-1-3-5-12/h1-8,18H,9-10H2,(H,20,21). The van der Waals surface area contributed by atoms with E-state index in [0.717, 1.165) is 15.7 Å². The van der Waals surface area contributed by atoms with E-state index < -0.39 is 0 Å². The lowest BCUT2D eigenvalue weighted by molar-refractivity contribution is -0.119. The molecule has 3 rings (SSSR count). The molecule has 0 aliphatic carbocycles. The van der Waals surface area contributed by atoms with E-state index in [2.05, 4.69) is 31.8 Å². The first-order chi connectivity index (χ1) is 11.2. The Morgan fingerprint density at radius 1 is 1.22 bits per heavy atom. The van der Waals surface area contributed by atoms with Crippen molar-refractivity contribution < 1.29 is 14.3 Å². The first-order valence-electron chi connectivity index (χ1n) is 6.92. The molecule has 0 spiro atoms. The summed E-state index contributed by atoms with van der Waals surface area (Å²) in [7, 11) is 0. The molecular formula is C16H14BrN3O3. The molecule has 7 heteroatoms. The first-order valence-corrected chi connectivity index (χ1v) is 7.71. The first kappa shape index (κ1) is 15.4. The van der Waals surface area contributed by atoms with Crippen molar-refractivity contribution in [2.24, 2.45) is 5.10 Å². The largest absolute Gasteiger partial charge is 0.454 e. The van der Waals surface area contributed by atoms with Crippen molar-refractivity contribution in [2.45, 2.75) is 0 Å². The molecule has 0 saturated carbocycles. The zero-order valence-corrected chi connectivity index (χ0v) is 13.7. The van der Waals surface area contributed by atoms with E-state index in [9.17, 15) is 4.79 Å². The number of amides is 1. The lowest BCUT2D eigenvalue weighted by Gasteiger charge is -2.05. The second-order valence-corrected chi connectivity index (χ2v) is 5.59. The highest BCUT2D eigenvalue weighted by Crippen LogP contribution is 2.36. The van der Waals surface area contributed by atoms with Gasteiger partial charge in [0.25, 0.3) is 5.91 Å². The number of rotatable bonds is 5. The molecule has 0 aromatic heterocycles. The fourth-order valence-corrected chi connectivity index (χ4v) is 2.41. The molecule has 1 amide bonds. The van der Waals surface area contributed by atoms with Crippen molar-refractivity contribution in [3.05, 3.63) is 52.5 Å². The summed E-state index contributed by atoms with van der Waals surface area (Å²) in [6.45, 7) is 0.355. The molecule has 0 saturated heterocycles. The number of halogens is 1. The summed E-state index contributed by atoms with van der Waals surface area (Å²) < 4.78 is 11.4. The van der Waals surface area contributed by atoms with Crippen LogP contribution < -0.4 is 20.2 Å². The molecule has 0 unspecified atom stereocenters. The fourth-order valence-electron chi connectivity index (χ4n) is 1.98. The number of nitrogens with one attached hydrogen (secondary N) is 2. The van der Waals surface area contributed by atoms with Crippen LogP contribution in [-0.2, 0) is 4.79 Å². The number of nitrogens with zero attached hydrogens (tertiary/aromatic N) is 1. The van der Waals surface area contributed by atoms with Crippen LogP contribution in [0.5, 0.6) is 11.5 Å². The van der Waals surface area contributed by atoms with Crippen LogP contribution in [0.4, 0.5) is 5.69 Å². The maximum Gasteiger partial charge on any atom is 0.259 e. The van der Waals surface area contributed by atoms with Crippen LogP contribution >= 0.6 is 15.9 Å². The molecule has 1 aliphatic heterocycles. The van der Waals surface area contributed by atoms with Gasteiger partial charge in [-0.25, -0.2) is 5.43 Å². The molecule has 0 atom stereocenters. The predicted molar refractivity (Wildman–Crippen MR) is 90.9 cm³/mol. The Balaban J connectivity index is 1.53. The monoisotopic (exact) mass is 375 g/mol. The molecule has 1 heterocycles. The average molecular weight is 376 g/mol. The maximum atomic E-state index is 11.7. The van der Waals surface area contributed by atoms with Gasteiger partial charge in [0.05, 0.1) is 12.8 Å². The normalized spacial score (nSPS) is 12.4. The number of carbonyl (C=O) groups is 1. The van der Waals surface area contributed by atoms with Crippen molar-refractivity contribution in [2.75, 3.05) is 18.7 Å². The SMILES string of the molecule is O=C(CNc1ccccc1)NN=Cc1cc2c(cc1Br)OCO2. The van der Waals surface area contributed by atoms with Gasteiger partial charge in [0.1, 0.15) is 0 Å². The minimum atomic E-state index is -0.234. The number of benzene rings is 2. The lowest BCUT2D eigenvalue weighted by atomic mass is 10.2. The molecule has 2 aromatic carbocycles. The van der Waals surface area contributed by atoms with Crippen LogP contribution in [0.25, 0.3) is 0 Å². The Morgan fingerprint density at radius 2 is 1.96 bits per heavy atom. The van der Waals surface area contributed by atoms with Crippen LogP contribution in [0, 0.1) is 0 Å². The summed E-state index contributed by atoms with van der Waals surface area (Å²) in [4.78, 5) is 11.7. The van der Waals surface area contributed by atoms with Crippen molar-refractivity contribution in [1.29, 1.82) is 0 Å². The number of carbonyl (C=O) groups excluding carboxylic acids is 1. The molecule has 6 nitrogen and oxygen atoms in total. The van der Waals surface area contributed by atoms with Crippen molar-refractivity contribution >= 4 is 33.7 Å². The zero-order chi connectivity index (χ0) is 16.1. The highest BCUT2D eigenvalue weighted by molar-refractivity contribution is 9.10. The van der Waals surface area contributed by atoms with E-state index in [1.807, 2.05) is 36.4 Å². The van der Waals surface area contributed by atoms with Gasteiger partial charge in [0.2, 0.25) is 6.79 Å². The van der Waals surface area contributed by atoms with E-state index in [0.29, 0.717) is 11.5 Å².